The normalized spacial score (nSPS) is 15.6. The summed E-state index contributed by atoms with van der Waals surface area (Å²) in [5, 5.41) is 7.02. The quantitative estimate of drug-likeness (QED) is 0.921. The van der Waals surface area contributed by atoms with Gasteiger partial charge in [-0.2, -0.15) is 0 Å². The van der Waals surface area contributed by atoms with E-state index in [0.717, 1.165) is 31.6 Å². The molecule has 0 aromatic carbocycles. The second-order valence-corrected chi connectivity index (χ2v) is 7.62. The van der Waals surface area contributed by atoms with Crippen LogP contribution in [0.4, 0.5) is 5.13 Å². The second-order valence-electron chi connectivity index (χ2n) is 5.82. The smallest absolute Gasteiger partial charge is 0.267 e. The number of carbonyl (C=O) groups excluding carboxylic acids is 2. The molecule has 2 aromatic heterocycles. The van der Waals surface area contributed by atoms with E-state index in [2.05, 4.69) is 17.2 Å². The number of rotatable bonds is 4. The Balaban J connectivity index is 1.55. The average Bonchev–Trinajstić information content (AvgIpc) is 3.19. The Morgan fingerprint density at radius 2 is 2.13 bits per heavy atom. The highest BCUT2D eigenvalue weighted by Crippen LogP contribution is 2.20. The molecule has 0 atom stereocenters. The van der Waals surface area contributed by atoms with Crippen LogP contribution in [0.25, 0.3) is 0 Å². The van der Waals surface area contributed by atoms with Gasteiger partial charge in [0.1, 0.15) is 0 Å². The third-order valence-electron chi connectivity index (χ3n) is 3.99. The Morgan fingerprint density at radius 3 is 2.83 bits per heavy atom. The number of carbonyl (C=O) groups is 2. The number of amides is 2. The van der Waals surface area contributed by atoms with Gasteiger partial charge in [-0.15, -0.1) is 22.7 Å². The van der Waals surface area contributed by atoms with Crippen LogP contribution in [-0.4, -0.2) is 34.8 Å². The monoisotopic (exact) mass is 349 g/mol. The maximum Gasteiger partial charge on any atom is 0.267 e. The molecule has 2 amide bonds. The summed E-state index contributed by atoms with van der Waals surface area (Å²) in [6.07, 6.45) is 2.45. The van der Waals surface area contributed by atoms with Gasteiger partial charge < -0.3 is 4.90 Å². The first-order valence-electron chi connectivity index (χ1n) is 7.69. The highest BCUT2D eigenvalue weighted by Gasteiger charge is 2.21. The Labute approximate surface area is 143 Å². The predicted octanol–water partition coefficient (Wildman–Crippen LogP) is 3.26. The summed E-state index contributed by atoms with van der Waals surface area (Å²) in [6.45, 7) is 3.91. The summed E-state index contributed by atoms with van der Waals surface area (Å²) in [4.78, 5) is 31.2. The molecule has 7 heteroatoms. The van der Waals surface area contributed by atoms with Crippen molar-refractivity contribution in [3.8, 4) is 0 Å². The number of hydrogen-bond donors (Lipinski definition) is 1. The van der Waals surface area contributed by atoms with E-state index >= 15 is 0 Å². The summed E-state index contributed by atoms with van der Waals surface area (Å²) >= 11 is 2.75. The second kappa shape index (κ2) is 7.23. The first-order chi connectivity index (χ1) is 11.1. The van der Waals surface area contributed by atoms with Crippen molar-refractivity contribution >= 4 is 39.6 Å². The van der Waals surface area contributed by atoms with Crippen molar-refractivity contribution in [2.24, 2.45) is 5.92 Å². The number of nitrogens with one attached hydrogen (secondary N) is 1. The van der Waals surface area contributed by atoms with Gasteiger partial charge in [0.15, 0.2) is 5.13 Å². The summed E-state index contributed by atoms with van der Waals surface area (Å²) in [5.74, 6) is 0.674. The van der Waals surface area contributed by atoms with Gasteiger partial charge in [0.25, 0.3) is 5.91 Å². The molecule has 1 N–H and O–H groups in total. The number of piperidine rings is 1. The van der Waals surface area contributed by atoms with Crippen LogP contribution in [-0.2, 0) is 11.2 Å². The lowest BCUT2D eigenvalue weighted by atomic mass is 9.99. The molecule has 0 radical (unpaired) electrons. The Bertz CT molecular complexity index is 673. The minimum absolute atomic E-state index is 0.123. The molecule has 1 saturated heterocycles. The summed E-state index contributed by atoms with van der Waals surface area (Å²) in [6, 6.07) is 3.61. The van der Waals surface area contributed by atoms with Crippen LogP contribution >= 0.6 is 22.7 Å². The zero-order valence-electron chi connectivity index (χ0n) is 12.9. The van der Waals surface area contributed by atoms with Crippen LogP contribution in [0.5, 0.6) is 0 Å². The van der Waals surface area contributed by atoms with Crippen molar-refractivity contribution in [2.75, 3.05) is 18.4 Å². The standard InChI is InChI=1S/C16H19N3O2S2/c1-11-4-6-19(7-5-11)14(20)9-12-10-23-16(17-12)18-15(21)13-3-2-8-22-13/h2-3,8,10-11H,4-7,9H2,1H3,(H,17,18,21). The minimum Gasteiger partial charge on any atom is -0.342 e. The molecule has 2 aromatic rings. The van der Waals surface area contributed by atoms with E-state index in [-0.39, 0.29) is 11.8 Å². The molecular weight excluding hydrogens is 330 g/mol. The van der Waals surface area contributed by atoms with E-state index in [9.17, 15) is 9.59 Å². The lowest BCUT2D eigenvalue weighted by Gasteiger charge is -2.30. The van der Waals surface area contributed by atoms with Crippen LogP contribution in [0.3, 0.4) is 0 Å². The average molecular weight is 349 g/mol. The fourth-order valence-corrected chi connectivity index (χ4v) is 3.86. The molecule has 1 fully saturated rings. The Morgan fingerprint density at radius 1 is 1.35 bits per heavy atom. The first-order valence-corrected chi connectivity index (χ1v) is 9.45. The number of aromatic nitrogens is 1. The van der Waals surface area contributed by atoms with Crippen LogP contribution in [0.2, 0.25) is 0 Å². The maximum absolute atomic E-state index is 12.3. The zero-order valence-corrected chi connectivity index (χ0v) is 14.6. The molecular formula is C16H19N3O2S2. The summed E-state index contributed by atoms with van der Waals surface area (Å²) in [7, 11) is 0. The molecule has 0 spiro atoms. The SMILES string of the molecule is CC1CCN(C(=O)Cc2csc(NC(=O)c3cccs3)n2)CC1. The predicted molar refractivity (Wildman–Crippen MR) is 93.1 cm³/mol. The van der Waals surface area contributed by atoms with Crippen molar-refractivity contribution in [1.29, 1.82) is 0 Å². The fourth-order valence-electron chi connectivity index (χ4n) is 2.54. The topological polar surface area (TPSA) is 62.3 Å². The van der Waals surface area contributed by atoms with Gasteiger partial charge >= 0.3 is 0 Å². The van der Waals surface area contributed by atoms with Crippen LogP contribution in [0.1, 0.15) is 35.1 Å². The number of likely N-dealkylation sites (tertiary alicyclic amines) is 1. The van der Waals surface area contributed by atoms with Crippen molar-refractivity contribution in [2.45, 2.75) is 26.2 Å². The number of thiazole rings is 1. The van der Waals surface area contributed by atoms with Crippen molar-refractivity contribution in [3.05, 3.63) is 33.5 Å². The third kappa shape index (κ3) is 4.17. The largest absolute Gasteiger partial charge is 0.342 e. The summed E-state index contributed by atoms with van der Waals surface area (Å²) in [5.41, 5.74) is 0.722. The molecule has 0 saturated carbocycles. The third-order valence-corrected chi connectivity index (χ3v) is 5.66. The van der Waals surface area contributed by atoms with Gasteiger partial charge in [0.05, 0.1) is 17.0 Å². The zero-order chi connectivity index (χ0) is 16.2. The van der Waals surface area contributed by atoms with Crippen LogP contribution < -0.4 is 5.32 Å². The molecule has 1 aliphatic heterocycles. The fraction of sp³-hybridized carbons (Fsp3) is 0.438. The number of anilines is 1. The van der Waals surface area contributed by atoms with Crippen molar-refractivity contribution in [3.63, 3.8) is 0 Å². The highest BCUT2D eigenvalue weighted by atomic mass is 32.1. The molecule has 0 bridgehead atoms. The first kappa shape index (κ1) is 16.1. The molecule has 1 aliphatic rings. The van der Waals surface area contributed by atoms with Gasteiger partial charge in [0, 0.05) is 18.5 Å². The molecule has 23 heavy (non-hydrogen) atoms. The lowest BCUT2D eigenvalue weighted by molar-refractivity contribution is -0.131. The van der Waals surface area contributed by atoms with Gasteiger partial charge in [-0.1, -0.05) is 13.0 Å². The van der Waals surface area contributed by atoms with E-state index in [4.69, 9.17) is 0 Å². The van der Waals surface area contributed by atoms with E-state index in [1.807, 2.05) is 21.7 Å². The maximum atomic E-state index is 12.3. The number of hydrogen-bond acceptors (Lipinski definition) is 5. The van der Waals surface area contributed by atoms with Gasteiger partial charge in [0.2, 0.25) is 5.91 Å². The van der Waals surface area contributed by atoms with E-state index in [0.29, 0.717) is 22.3 Å². The Hall–Kier alpha value is -1.73. The molecule has 0 aliphatic carbocycles. The van der Waals surface area contributed by atoms with Gasteiger partial charge in [-0.3, -0.25) is 14.9 Å². The number of thiophene rings is 1. The molecule has 122 valence electrons. The highest BCUT2D eigenvalue weighted by molar-refractivity contribution is 7.14. The van der Waals surface area contributed by atoms with E-state index in [1.54, 1.807) is 6.07 Å². The van der Waals surface area contributed by atoms with Gasteiger partial charge in [-0.05, 0) is 30.2 Å². The Kier molecular flexibility index (Phi) is 5.07. The van der Waals surface area contributed by atoms with E-state index in [1.165, 1.54) is 22.7 Å². The van der Waals surface area contributed by atoms with E-state index < -0.39 is 0 Å². The van der Waals surface area contributed by atoms with Crippen molar-refractivity contribution < 1.29 is 9.59 Å². The molecule has 0 unspecified atom stereocenters. The molecule has 3 rings (SSSR count). The van der Waals surface area contributed by atoms with Crippen LogP contribution in [0.15, 0.2) is 22.9 Å². The van der Waals surface area contributed by atoms with Crippen LogP contribution in [0, 0.1) is 5.92 Å². The number of nitrogens with zero attached hydrogens (tertiary/aromatic N) is 2. The summed E-state index contributed by atoms with van der Waals surface area (Å²) < 4.78 is 0. The minimum atomic E-state index is -0.155. The van der Waals surface area contributed by atoms with Crippen molar-refractivity contribution in [1.82, 2.24) is 9.88 Å². The molecule has 5 nitrogen and oxygen atoms in total. The van der Waals surface area contributed by atoms with Gasteiger partial charge in [-0.25, -0.2) is 4.98 Å². The lowest BCUT2D eigenvalue weighted by Crippen LogP contribution is -2.38. The molecule has 3 heterocycles.